The quantitative estimate of drug-likeness (QED) is 0.471. The van der Waals surface area contributed by atoms with Gasteiger partial charge in [0.2, 0.25) is 0 Å². The Hall–Kier alpha value is -1.10. The molecule has 0 radical (unpaired) electrons. The number of rotatable bonds is 5. The van der Waals surface area contributed by atoms with E-state index in [1.165, 1.54) is 7.11 Å². The van der Waals surface area contributed by atoms with Crippen LogP contribution in [0.4, 0.5) is 5.69 Å². The lowest BCUT2D eigenvalue weighted by Gasteiger charge is -2.04. The summed E-state index contributed by atoms with van der Waals surface area (Å²) in [7, 11) is 1.43. The molecule has 0 amide bonds. The Morgan fingerprint density at radius 1 is 1.53 bits per heavy atom. The summed E-state index contributed by atoms with van der Waals surface area (Å²) in [5.41, 5.74) is 0.992. The van der Waals surface area contributed by atoms with Crippen LogP contribution in [0.25, 0.3) is 0 Å². The van der Waals surface area contributed by atoms with Gasteiger partial charge in [-0.1, -0.05) is 22.0 Å². The topological polar surface area (TPSA) is 52.4 Å². The Bertz CT molecular complexity index is 355. The van der Waals surface area contributed by atoms with Crippen LogP contribution >= 0.6 is 15.9 Å². The maximum absolute atomic E-state index is 10.7. The molecule has 0 bridgehead atoms. The van der Waals surface area contributed by atoms with Crippen molar-refractivity contribution in [3.05, 3.63) is 33.9 Å². The maximum Gasteiger partial charge on any atom is 0.311 e. The number of nitro groups is 1. The number of alkyl halides is 1. The van der Waals surface area contributed by atoms with Crippen molar-refractivity contribution in [2.75, 3.05) is 12.4 Å². The number of hydrogen-bond donors (Lipinski definition) is 0. The number of hydrogen-bond acceptors (Lipinski definition) is 3. The first kappa shape index (κ1) is 12.0. The van der Waals surface area contributed by atoms with Gasteiger partial charge in [0.25, 0.3) is 0 Å². The SMILES string of the molecule is COc1ccc(CCCBr)cc1[N+](=O)[O-]. The number of nitro benzene ring substituents is 1. The van der Waals surface area contributed by atoms with Gasteiger partial charge in [0.05, 0.1) is 12.0 Å². The van der Waals surface area contributed by atoms with E-state index in [9.17, 15) is 10.1 Å². The smallest absolute Gasteiger partial charge is 0.311 e. The second-order valence-electron chi connectivity index (χ2n) is 3.06. The summed E-state index contributed by atoms with van der Waals surface area (Å²) < 4.78 is 4.92. The number of benzene rings is 1. The molecule has 1 aromatic rings. The number of nitrogens with zero attached hydrogens (tertiary/aromatic N) is 1. The molecule has 0 aromatic heterocycles. The standard InChI is InChI=1S/C10H12BrNO3/c1-15-10-5-4-8(3-2-6-11)7-9(10)12(13)14/h4-5,7H,2-3,6H2,1H3. The lowest BCUT2D eigenvalue weighted by molar-refractivity contribution is -0.385. The molecule has 0 aliphatic carbocycles. The molecule has 0 fully saturated rings. The molecule has 4 nitrogen and oxygen atoms in total. The lowest BCUT2D eigenvalue weighted by atomic mass is 10.1. The van der Waals surface area contributed by atoms with Gasteiger partial charge in [-0.25, -0.2) is 0 Å². The summed E-state index contributed by atoms with van der Waals surface area (Å²) in [5, 5.41) is 11.6. The van der Waals surface area contributed by atoms with Gasteiger partial charge in [-0.05, 0) is 24.5 Å². The fourth-order valence-corrected chi connectivity index (χ4v) is 1.59. The molecule has 0 spiro atoms. The minimum Gasteiger partial charge on any atom is -0.490 e. The highest BCUT2D eigenvalue weighted by atomic mass is 79.9. The van der Waals surface area contributed by atoms with E-state index in [1.54, 1.807) is 12.1 Å². The van der Waals surface area contributed by atoms with Crippen LogP contribution in [0, 0.1) is 10.1 Å². The first-order valence-electron chi connectivity index (χ1n) is 4.56. The van der Waals surface area contributed by atoms with E-state index < -0.39 is 4.92 Å². The van der Waals surface area contributed by atoms with E-state index in [0.717, 1.165) is 23.7 Å². The molecule has 0 saturated carbocycles. The van der Waals surface area contributed by atoms with Gasteiger partial charge < -0.3 is 4.74 Å². The van der Waals surface area contributed by atoms with Crippen LogP contribution in [0.3, 0.4) is 0 Å². The van der Waals surface area contributed by atoms with Crippen LogP contribution in [-0.2, 0) is 6.42 Å². The van der Waals surface area contributed by atoms with Crippen molar-refractivity contribution in [3.63, 3.8) is 0 Å². The summed E-state index contributed by atoms with van der Waals surface area (Å²) in [4.78, 5) is 10.3. The molecule has 0 aliphatic rings. The Kier molecular flexibility index (Phi) is 4.55. The summed E-state index contributed by atoms with van der Waals surface area (Å²) >= 11 is 3.32. The average Bonchev–Trinajstić information content (AvgIpc) is 2.25. The van der Waals surface area contributed by atoms with Crippen molar-refractivity contribution < 1.29 is 9.66 Å². The zero-order chi connectivity index (χ0) is 11.3. The summed E-state index contributed by atoms with van der Waals surface area (Å²) in [6.07, 6.45) is 1.79. The molecule has 0 saturated heterocycles. The number of halogens is 1. The maximum atomic E-state index is 10.7. The van der Waals surface area contributed by atoms with Crippen LogP contribution in [0.5, 0.6) is 5.75 Å². The van der Waals surface area contributed by atoms with Crippen LogP contribution in [-0.4, -0.2) is 17.4 Å². The number of methoxy groups -OCH3 is 1. The van der Waals surface area contributed by atoms with Gasteiger partial charge in [0.15, 0.2) is 5.75 Å². The molecule has 15 heavy (non-hydrogen) atoms. The van der Waals surface area contributed by atoms with E-state index in [2.05, 4.69) is 15.9 Å². The minimum atomic E-state index is -0.420. The van der Waals surface area contributed by atoms with Gasteiger partial charge in [-0.2, -0.15) is 0 Å². The number of aryl methyl sites for hydroxylation is 1. The van der Waals surface area contributed by atoms with Crippen molar-refractivity contribution in [1.29, 1.82) is 0 Å². The van der Waals surface area contributed by atoms with Gasteiger partial charge in [0.1, 0.15) is 0 Å². The Morgan fingerprint density at radius 3 is 2.80 bits per heavy atom. The molecule has 0 N–H and O–H groups in total. The monoisotopic (exact) mass is 273 g/mol. The predicted molar refractivity (Wildman–Crippen MR) is 61.8 cm³/mol. The molecule has 1 rings (SSSR count). The third-order valence-electron chi connectivity index (χ3n) is 2.04. The molecular weight excluding hydrogens is 262 g/mol. The summed E-state index contributed by atoms with van der Waals surface area (Å²) in [5.74, 6) is 0.308. The summed E-state index contributed by atoms with van der Waals surface area (Å²) in [6.45, 7) is 0. The summed E-state index contributed by atoms with van der Waals surface area (Å²) in [6, 6.07) is 5.07. The average molecular weight is 274 g/mol. The Labute approximate surface area is 96.5 Å². The molecule has 0 heterocycles. The molecule has 5 heteroatoms. The molecule has 0 unspecified atom stereocenters. The van der Waals surface area contributed by atoms with Crippen molar-refractivity contribution in [2.24, 2.45) is 0 Å². The van der Waals surface area contributed by atoms with E-state index in [0.29, 0.717) is 5.75 Å². The molecule has 0 atom stereocenters. The molecule has 1 aromatic carbocycles. The second kappa shape index (κ2) is 5.70. The van der Waals surface area contributed by atoms with Crippen molar-refractivity contribution >= 4 is 21.6 Å². The van der Waals surface area contributed by atoms with Gasteiger partial charge in [0, 0.05) is 11.4 Å². The van der Waals surface area contributed by atoms with Crippen LogP contribution in [0.1, 0.15) is 12.0 Å². The number of ether oxygens (including phenoxy) is 1. The molecule has 82 valence electrons. The zero-order valence-corrected chi connectivity index (χ0v) is 9.99. The molecular formula is C10H12BrNO3. The van der Waals surface area contributed by atoms with E-state index in [4.69, 9.17) is 4.74 Å². The third kappa shape index (κ3) is 3.20. The van der Waals surface area contributed by atoms with Crippen LogP contribution in [0.2, 0.25) is 0 Å². The minimum absolute atomic E-state index is 0.0320. The first-order chi connectivity index (χ1) is 7.19. The van der Waals surface area contributed by atoms with Crippen LogP contribution in [0.15, 0.2) is 18.2 Å². The zero-order valence-electron chi connectivity index (χ0n) is 8.40. The van der Waals surface area contributed by atoms with E-state index >= 15 is 0 Å². The van der Waals surface area contributed by atoms with E-state index in [-0.39, 0.29) is 5.69 Å². The van der Waals surface area contributed by atoms with Gasteiger partial charge >= 0.3 is 5.69 Å². The highest BCUT2D eigenvalue weighted by Gasteiger charge is 2.14. The third-order valence-corrected chi connectivity index (χ3v) is 2.60. The van der Waals surface area contributed by atoms with Gasteiger partial charge in [-0.15, -0.1) is 0 Å². The fraction of sp³-hybridized carbons (Fsp3) is 0.400. The second-order valence-corrected chi connectivity index (χ2v) is 3.85. The van der Waals surface area contributed by atoms with Crippen molar-refractivity contribution in [3.8, 4) is 5.75 Å². The Balaban J connectivity index is 2.94. The Morgan fingerprint density at radius 2 is 2.27 bits per heavy atom. The fourth-order valence-electron chi connectivity index (χ4n) is 1.30. The normalized spacial score (nSPS) is 10.0. The van der Waals surface area contributed by atoms with E-state index in [1.807, 2.05) is 6.07 Å². The van der Waals surface area contributed by atoms with Crippen molar-refractivity contribution in [2.45, 2.75) is 12.8 Å². The largest absolute Gasteiger partial charge is 0.490 e. The van der Waals surface area contributed by atoms with Crippen LogP contribution < -0.4 is 4.74 Å². The highest BCUT2D eigenvalue weighted by molar-refractivity contribution is 9.09. The molecule has 0 aliphatic heterocycles. The van der Waals surface area contributed by atoms with Crippen molar-refractivity contribution in [1.82, 2.24) is 0 Å². The first-order valence-corrected chi connectivity index (χ1v) is 5.68. The van der Waals surface area contributed by atoms with Gasteiger partial charge in [-0.3, -0.25) is 10.1 Å². The predicted octanol–water partition coefficient (Wildman–Crippen LogP) is 2.93. The lowest BCUT2D eigenvalue weighted by Crippen LogP contribution is -1.95. The highest BCUT2D eigenvalue weighted by Crippen LogP contribution is 2.27.